The van der Waals surface area contributed by atoms with Crippen LogP contribution in [0.2, 0.25) is 0 Å². The molecule has 108 valence electrons. The van der Waals surface area contributed by atoms with Gasteiger partial charge in [0, 0.05) is 19.3 Å². The standard InChI is InChI=1S/C13H16N2O3S2/c1-18-8-10-3-2-4-12(5-10)15-20(16,17)13-6-11(7-14)9-19-13/h2-6,9,15H,7-8,14H2,1H3. The molecule has 0 spiro atoms. The summed E-state index contributed by atoms with van der Waals surface area (Å²) in [5.74, 6) is 0. The average Bonchev–Trinajstić information content (AvgIpc) is 2.88. The molecule has 0 fully saturated rings. The second-order valence-electron chi connectivity index (χ2n) is 4.22. The zero-order valence-electron chi connectivity index (χ0n) is 11.0. The van der Waals surface area contributed by atoms with Crippen molar-refractivity contribution in [1.29, 1.82) is 0 Å². The van der Waals surface area contributed by atoms with Gasteiger partial charge >= 0.3 is 0 Å². The second kappa shape index (κ2) is 6.36. The largest absolute Gasteiger partial charge is 0.380 e. The van der Waals surface area contributed by atoms with Crippen LogP contribution in [0.3, 0.4) is 0 Å². The first kappa shape index (κ1) is 15.0. The van der Waals surface area contributed by atoms with E-state index in [1.807, 2.05) is 6.07 Å². The van der Waals surface area contributed by atoms with Gasteiger partial charge in [-0.1, -0.05) is 12.1 Å². The van der Waals surface area contributed by atoms with Gasteiger partial charge < -0.3 is 10.5 Å². The molecule has 0 bridgehead atoms. The summed E-state index contributed by atoms with van der Waals surface area (Å²) >= 11 is 1.16. The van der Waals surface area contributed by atoms with Crippen LogP contribution < -0.4 is 10.5 Å². The Hall–Kier alpha value is -1.41. The first-order valence-corrected chi connectivity index (χ1v) is 8.29. The number of methoxy groups -OCH3 is 1. The summed E-state index contributed by atoms with van der Waals surface area (Å²) in [5.41, 5.74) is 7.72. The highest BCUT2D eigenvalue weighted by atomic mass is 32.2. The van der Waals surface area contributed by atoms with Crippen molar-refractivity contribution < 1.29 is 13.2 Å². The number of sulfonamides is 1. The van der Waals surface area contributed by atoms with Gasteiger partial charge in [-0.3, -0.25) is 4.72 Å². The lowest BCUT2D eigenvalue weighted by atomic mass is 10.2. The predicted octanol–water partition coefficient (Wildman–Crippen LogP) is 2.15. The Morgan fingerprint density at radius 3 is 2.75 bits per heavy atom. The number of benzene rings is 1. The van der Waals surface area contributed by atoms with Crippen LogP contribution in [0, 0.1) is 0 Å². The summed E-state index contributed by atoms with van der Waals surface area (Å²) in [6, 6.07) is 8.70. The molecule has 0 unspecified atom stereocenters. The minimum Gasteiger partial charge on any atom is -0.380 e. The quantitative estimate of drug-likeness (QED) is 0.856. The minimum absolute atomic E-state index is 0.259. The van der Waals surface area contributed by atoms with Gasteiger partial charge in [0.1, 0.15) is 4.21 Å². The van der Waals surface area contributed by atoms with E-state index in [4.69, 9.17) is 10.5 Å². The van der Waals surface area contributed by atoms with E-state index in [0.717, 1.165) is 22.5 Å². The van der Waals surface area contributed by atoms with Gasteiger partial charge in [-0.25, -0.2) is 8.42 Å². The number of thiophene rings is 1. The highest BCUT2D eigenvalue weighted by Gasteiger charge is 2.16. The van der Waals surface area contributed by atoms with Crippen LogP contribution in [0.5, 0.6) is 0 Å². The van der Waals surface area contributed by atoms with E-state index in [0.29, 0.717) is 18.8 Å². The normalized spacial score (nSPS) is 11.5. The highest BCUT2D eigenvalue weighted by molar-refractivity contribution is 7.94. The lowest BCUT2D eigenvalue weighted by Crippen LogP contribution is -2.11. The van der Waals surface area contributed by atoms with Crippen molar-refractivity contribution in [2.24, 2.45) is 5.73 Å². The fraction of sp³-hybridized carbons (Fsp3) is 0.231. The maximum absolute atomic E-state index is 12.2. The topological polar surface area (TPSA) is 81.4 Å². The molecule has 1 heterocycles. The van der Waals surface area contributed by atoms with E-state index in [2.05, 4.69) is 4.72 Å². The van der Waals surface area contributed by atoms with Gasteiger partial charge in [0.2, 0.25) is 0 Å². The molecule has 0 aliphatic carbocycles. The van der Waals surface area contributed by atoms with Gasteiger partial charge in [-0.15, -0.1) is 11.3 Å². The number of nitrogens with two attached hydrogens (primary N) is 1. The third-order valence-corrected chi connectivity index (χ3v) is 5.49. The summed E-state index contributed by atoms with van der Waals surface area (Å²) < 4.78 is 32.3. The Kier molecular flexibility index (Phi) is 4.77. The Balaban J connectivity index is 2.21. The highest BCUT2D eigenvalue weighted by Crippen LogP contribution is 2.23. The first-order chi connectivity index (χ1) is 9.55. The van der Waals surface area contributed by atoms with Gasteiger partial charge in [0.25, 0.3) is 10.0 Å². The smallest absolute Gasteiger partial charge is 0.271 e. The van der Waals surface area contributed by atoms with Crippen LogP contribution in [0.15, 0.2) is 39.9 Å². The van der Waals surface area contributed by atoms with E-state index in [9.17, 15) is 8.42 Å². The van der Waals surface area contributed by atoms with E-state index < -0.39 is 10.0 Å². The third-order valence-electron chi connectivity index (χ3n) is 2.62. The maximum atomic E-state index is 12.2. The van der Waals surface area contributed by atoms with Gasteiger partial charge in [0.15, 0.2) is 0 Å². The molecule has 0 radical (unpaired) electrons. The Bertz CT molecular complexity index is 680. The Morgan fingerprint density at radius 2 is 2.10 bits per heavy atom. The van der Waals surface area contributed by atoms with E-state index in [-0.39, 0.29) is 4.21 Å². The van der Waals surface area contributed by atoms with Gasteiger partial charge in [-0.2, -0.15) is 0 Å². The molecule has 1 aromatic carbocycles. The molecule has 2 aromatic rings. The summed E-state index contributed by atoms with van der Waals surface area (Å²) in [6.07, 6.45) is 0. The van der Waals surface area contributed by atoms with E-state index in [1.165, 1.54) is 0 Å². The van der Waals surface area contributed by atoms with Crippen LogP contribution >= 0.6 is 11.3 Å². The number of hydrogen-bond donors (Lipinski definition) is 2. The van der Waals surface area contributed by atoms with Gasteiger partial charge in [0.05, 0.1) is 6.61 Å². The van der Waals surface area contributed by atoms with Crippen molar-refractivity contribution in [3.05, 3.63) is 46.8 Å². The molecule has 7 heteroatoms. The molecule has 1 aromatic heterocycles. The predicted molar refractivity (Wildman–Crippen MR) is 80.2 cm³/mol. The van der Waals surface area contributed by atoms with Gasteiger partial charge in [-0.05, 0) is 34.7 Å². The SMILES string of the molecule is COCc1cccc(NS(=O)(=O)c2cc(CN)cs2)c1. The number of anilines is 1. The third kappa shape index (κ3) is 3.57. The lowest BCUT2D eigenvalue weighted by molar-refractivity contribution is 0.185. The zero-order chi connectivity index (χ0) is 14.6. The molecular weight excluding hydrogens is 296 g/mol. The first-order valence-electron chi connectivity index (χ1n) is 5.93. The monoisotopic (exact) mass is 312 g/mol. The Morgan fingerprint density at radius 1 is 1.30 bits per heavy atom. The average molecular weight is 312 g/mol. The molecular formula is C13H16N2O3S2. The van der Waals surface area contributed by atoms with Crippen LogP contribution in [0.25, 0.3) is 0 Å². The minimum atomic E-state index is -3.56. The fourth-order valence-corrected chi connectivity index (χ4v) is 3.97. The molecule has 20 heavy (non-hydrogen) atoms. The summed E-state index contributed by atoms with van der Waals surface area (Å²) in [7, 11) is -1.97. The number of rotatable bonds is 6. The molecule has 0 saturated carbocycles. The van der Waals surface area contributed by atoms with E-state index in [1.54, 1.807) is 36.8 Å². The van der Waals surface area contributed by atoms with Crippen molar-refractivity contribution in [2.45, 2.75) is 17.4 Å². The molecule has 5 nitrogen and oxygen atoms in total. The van der Waals surface area contributed by atoms with Crippen molar-refractivity contribution in [1.82, 2.24) is 0 Å². The molecule has 2 rings (SSSR count). The zero-order valence-corrected chi connectivity index (χ0v) is 12.6. The summed E-state index contributed by atoms with van der Waals surface area (Å²) in [4.78, 5) is 0. The molecule has 0 saturated heterocycles. The van der Waals surface area contributed by atoms with Crippen LogP contribution in [-0.2, 0) is 27.9 Å². The number of hydrogen-bond acceptors (Lipinski definition) is 5. The molecule has 0 aliphatic heterocycles. The van der Waals surface area contributed by atoms with Crippen molar-refractivity contribution in [2.75, 3.05) is 11.8 Å². The lowest BCUT2D eigenvalue weighted by Gasteiger charge is -2.08. The Labute approximate surface area is 122 Å². The van der Waals surface area contributed by atoms with E-state index >= 15 is 0 Å². The molecule has 3 N–H and O–H groups in total. The second-order valence-corrected chi connectivity index (χ2v) is 7.04. The van der Waals surface area contributed by atoms with Crippen molar-refractivity contribution in [3.63, 3.8) is 0 Å². The summed E-state index contributed by atoms with van der Waals surface area (Å²) in [6.45, 7) is 0.765. The van der Waals surface area contributed by atoms with Crippen LogP contribution in [-0.4, -0.2) is 15.5 Å². The molecule has 0 atom stereocenters. The van der Waals surface area contributed by atoms with Crippen LogP contribution in [0.4, 0.5) is 5.69 Å². The summed E-state index contributed by atoms with van der Waals surface area (Å²) in [5, 5.41) is 1.75. The fourth-order valence-electron chi connectivity index (χ4n) is 1.70. The van der Waals surface area contributed by atoms with Crippen molar-refractivity contribution >= 4 is 27.0 Å². The molecule has 0 amide bonds. The van der Waals surface area contributed by atoms with Crippen LogP contribution in [0.1, 0.15) is 11.1 Å². The van der Waals surface area contributed by atoms with Crippen molar-refractivity contribution in [3.8, 4) is 0 Å². The maximum Gasteiger partial charge on any atom is 0.271 e. The number of nitrogens with one attached hydrogen (secondary N) is 1. The molecule has 0 aliphatic rings. The number of ether oxygens (including phenoxy) is 1.